The Labute approximate surface area is 148 Å². The molecule has 1 amide bonds. The van der Waals surface area contributed by atoms with Crippen LogP contribution in [0.2, 0.25) is 0 Å². The first-order valence-electron chi connectivity index (χ1n) is 7.70. The van der Waals surface area contributed by atoms with Gasteiger partial charge in [-0.2, -0.15) is 0 Å². The summed E-state index contributed by atoms with van der Waals surface area (Å²) in [6.45, 7) is 2.27. The van der Waals surface area contributed by atoms with Gasteiger partial charge in [-0.15, -0.1) is 15.3 Å². The van der Waals surface area contributed by atoms with Crippen molar-refractivity contribution >= 4 is 17.7 Å². The smallest absolute Gasteiger partial charge is 0.249 e. The number of thioether (sulfide) groups is 1. The van der Waals surface area contributed by atoms with Gasteiger partial charge in [0, 0.05) is 19.3 Å². The fraction of sp³-hybridized carbons (Fsp3) is 0.333. The van der Waals surface area contributed by atoms with Crippen molar-refractivity contribution in [2.24, 2.45) is 7.05 Å². The van der Waals surface area contributed by atoms with E-state index in [4.69, 9.17) is 0 Å². The molecule has 1 aromatic carbocycles. The lowest BCUT2D eigenvalue weighted by Gasteiger charge is -2.17. The molecule has 0 aliphatic carbocycles. The third-order valence-electron chi connectivity index (χ3n) is 3.57. The molecule has 2 aromatic heterocycles. The molecule has 0 aliphatic heterocycles. The van der Waals surface area contributed by atoms with Crippen molar-refractivity contribution in [2.45, 2.75) is 18.1 Å². The highest BCUT2D eigenvalue weighted by atomic mass is 32.2. The molecule has 1 N–H and O–H groups in total. The van der Waals surface area contributed by atoms with E-state index in [1.54, 1.807) is 13.3 Å². The minimum Gasteiger partial charge on any atom is -0.353 e. The highest BCUT2D eigenvalue weighted by Gasteiger charge is 2.25. The highest BCUT2D eigenvalue weighted by Crippen LogP contribution is 2.18. The monoisotopic (exact) mass is 358 g/mol. The first-order valence-corrected chi connectivity index (χ1v) is 8.69. The van der Waals surface area contributed by atoms with Gasteiger partial charge >= 0.3 is 0 Å². The Morgan fingerprint density at radius 2 is 2.08 bits per heavy atom. The van der Waals surface area contributed by atoms with E-state index in [1.165, 1.54) is 16.4 Å². The number of aromatic nitrogens is 7. The number of benzene rings is 1. The van der Waals surface area contributed by atoms with Crippen LogP contribution in [0.15, 0.2) is 41.8 Å². The predicted octanol–water partition coefficient (Wildman–Crippen LogP) is 0.608. The molecule has 0 spiro atoms. The van der Waals surface area contributed by atoms with Gasteiger partial charge in [-0.25, -0.2) is 4.68 Å². The van der Waals surface area contributed by atoms with E-state index < -0.39 is 6.04 Å². The molecule has 0 saturated heterocycles. The number of nitrogens with one attached hydrogen (secondary N) is 1. The Balaban J connectivity index is 1.66. The molecule has 130 valence electrons. The molecule has 9 nitrogen and oxygen atoms in total. The maximum atomic E-state index is 12.8. The average Bonchev–Trinajstić information content (AvgIpc) is 3.22. The Bertz CT molecular complexity index is 831. The SMILES string of the molecule is Cc1nnnn1[C@@H](C(=O)NCCSc1nncn1C)c1ccccc1. The summed E-state index contributed by atoms with van der Waals surface area (Å²) in [4.78, 5) is 12.8. The molecule has 1 atom stereocenters. The lowest BCUT2D eigenvalue weighted by molar-refractivity contribution is -0.123. The summed E-state index contributed by atoms with van der Waals surface area (Å²) in [5.74, 6) is 1.12. The predicted molar refractivity (Wildman–Crippen MR) is 91.9 cm³/mol. The number of hydrogen-bond acceptors (Lipinski definition) is 7. The minimum absolute atomic E-state index is 0.153. The van der Waals surface area contributed by atoms with Gasteiger partial charge in [0.2, 0.25) is 5.91 Å². The Hall–Kier alpha value is -2.75. The second kappa shape index (κ2) is 7.88. The number of carbonyl (C=O) groups is 1. The van der Waals surface area contributed by atoms with Crippen LogP contribution in [0.5, 0.6) is 0 Å². The molecule has 0 bridgehead atoms. The molecule has 0 unspecified atom stereocenters. The van der Waals surface area contributed by atoms with Gasteiger partial charge in [-0.3, -0.25) is 4.79 Å². The van der Waals surface area contributed by atoms with Gasteiger partial charge < -0.3 is 9.88 Å². The number of nitrogens with zero attached hydrogens (tertiary/aromatic N) is 7. The van der Waals surface area contributed by atoms with Crippen molar-refractivity contribution in [3.8, 4) is 0 Å². The van der Waals surface area contributed by atoms with Gasteiger partial charge in [0.05, 0.1) is 0 Å². The van der Waals surface area contributed by atoms with Crippen LogP contribution in [-0.2, 0) is 11.8 Å². The molecule has 3 rings (SSSR count). The summed E-state index contributed by atoms with van der Waals surface area (Å²) in [6.07, 6.45) is 1.65. The summed E-state index contributed by atoms with van der Waals surface area (Å²) >= 11 is 1.53. The lowest BCUT2D eigenvalue weighted by Crippen LogP contribution is -2.35. The summed E-state index contributed by atoms with van der Waals surface area (Å²) in [5.41, 5.74) is 0.830. The zero-order valence-electron chi connectivity index (χ0n) is 13.9. The number of tetrazole rings is 1. The van der Waals surface area contributed by atoms with E-state index in [-0.39, 0.29) is 5.91 Å². The van der Waals surface area contributed by atoms with Crippen LogP contribution in [0.1, 0.15) is 17.4 Å². The molecule has 0 saturated carbocycles. The van der Waals surface area contributed by atoms with E-state index >= 15 is 0 Å². The van der Waals surface area contributed by atoms with Crippen LogP contribution in [-0.4, -0.2) is 53.2 Å². The average molecular weight is 358 g/mol. The van der Waals surface area contributed by atoms with Crippen LogP contribution in [0.3, 0.4) is 0 Å². The quantitative estimate of drug-likeness (QED) is 0.487. The maximum Gasteiger partial charge on any atom is 0.249 e. The van der Waals surface area contributed by atoms with Crippen LogP contribution >= 0.6 is 11.8 Å². The molecular formula is C15H18N8OS. The van der Waals surface area contributed by atoms with Gasteiger partial charge in [-0.05, 0) is 22.9 Å². The third-order valence-corrected chi connectivity index (χ3v) is 4.60. The summed E-state index contributed by atoms with van der Waals surface area (Å²) in [5, 5.41) is 23.1. The lowest BCUT2D eigenvalue weighted by atomic mass is 10.1. The number of amides is 1. The second-order valence-electron chi connectivity index (χ2n) is 5.35. The number of rotatable bonds is 7. The minimum atomic E-state index is -0.601. The topological polar surface area (TPSA) is 103 Å². The number of hydrogen-bond donors (Lipinski definition) is 1. The molecule has 0 aliphatic rings. The number of aryl methyl sites for hydroxylation is 2. The van der Waals surface area contributed by atoms with Crippen LogP contribution in [0, 0.1) is 6.92 Å². The summed E-state index contributed by atoms with van der Waals surface area (Å²) in [7, 11) is 1.88. The van der Waals surface area contributed by atoms with Gasteiger partial charge in [0.1, 0.15) is 12.2 Å². The molecule has 25 heavy (non-hydrogen) atoms. The standard InChI is InChI=1S/C15H18N8OS/c1-11-18-20-21-23(11)13(12-6-4-3-5-7-12)14(24)16-8-9-25-15-19-17-10-22(15)2/h3-7,10,13H,8-9H2,1-2H3,(H,16,24)/t13-/m1/s1. The maximum absolute atomic E-state index is 12.8. The molecule has 0 radical (unpaired) electrons. The Morgan fingerprint density at radius 3 is 2.72 bits per heavy atom. The Kier molecular flexibility index (Phi) is 5.39. The summed E-state index contributed by atoms with van der Waals surface area (Å²) < 4.78 is 3.37. The van der Waals surface area contributed by atoms with Crippen LogP contribution in [0.25, 0.3) is 0 Å². The third kappa shape index (κ3) is 4.02. The van der Waals surface area contributed by atoms with Gasteiger partial charge in [-0.1, -0.05) is 42.1 Å². The van der Waals surface area contributed by atoms with Crippen molar-refractivity contribution in [3.63, 3.8) is 0 Å². The first kappa shape index (κ1) is 17.1. The largest absolute Gasteiger partial charge is 0.353 e. The van der Waals surface area contributed by atoms with E-state index in [0.29, 0.717) is 18.1 Å². The second-order valence-corrected chi connectivity index (χ2v) is 6.41. The van der Waals surface area contributed by atoms with E-state index in [9.17, 15) is 4.79 Å². The van der Waals surface area contributed by atoms with Crippen molar-refractivity contribution < 1.29 is 4.79 Å². The zero-order chi connectivity index (χ0) is 17.6. The van der Waals surface area contributed by atoms with Gasteiger partial charge in [0.15, 0.2) is 11.2 Å². The van der Waals surface area contributed by atoms with Gasteiger partial charge in [0.25, 0.3) is 0 Å². The van der Waals surface area contributed by atoms with E-state index in [0.717, 1.165) is 10.7 Å². The molecule has 3 aromatic rings. The molecule has 10 heteroatoms. The first-order chi connectivity index (χ1) is 12.2. The van der Waals surface area contributed by atoms with Crippen molar-refractivity contribution in [2.75, 3.05) is 12.3 Å². The zero-order valence-corrected chi connectivity index (χ0v) is 14.7. The van der Waals surface area contributed by atoms with Crippen molar-refractivity contribution in [1.29, 1.82) is 0 Å². The fourth-order valence-corrected chi connectivity index (χ4v) is 3.07. The molecular weight excluding hydrogens is 340 g/mol. The molecule has 2 heterocycles. The molecule has 0 fully saturated rings. The van der Waals surface area contributed by atoms with Crippen LogP contribution in [0.4, 0.5) is 0 Å². The van der Waals surface area contributed by atoms with E-state index in [1.807, 2.05) is 41.9 Å². The normalized spacial score (nSPS) is 12.1. The fourth-order valence-electron chi connectivity index (χ4n) is 2.33. The summed E-state index contributed by atoms with van der Waals surface area (Å²) in [6, 6.07) is 8.86. The van der Waals surface area contributed by atoms with E-state index in [2.05, 4.69) is 31.0 Å². The number of carbonyl (C=O) groups excluding carboxylic acids is 1. The van der Waals surface area contributed by atoms with Crippen LogP contribution < -0.4 is 5.32 Å². The van der Waals surface area contributed by atoms with Crippen molar-refractivity contribution in [1.82, 2.24) is 40.3 Å². The Morgan fingerprint density at radius 1 is 1.28 bits per heavy atom. The van der Waals surface area contributed by atoms with Crippen molar-refractivity contribution in [3.05, 3.63) is 48.0 Å². The highest BCUT2D eigenvalue weighted by molar-refractivity contribution is 7.99.